The molecule has 0 fully saturated rings. The van der Waals surface area contributed by atoms with Crippen molar-refractivity contribution in [2.45, 2.75) is 32.5 Å². The number of benzene rings is 2. The van der Waals surface area contributed by atoms with E-state index < -0.39 is 12.1 Å². The Morgan fingerprint density at radius 1 is 1.18 bits per heavy atom. The van der Waals surface area contributed by atoms with Crippen molar-refractivity contribution in [2.24, 2.45) is 0 Å². The molecular weight excluding hydrogens is 363 g/mol. The van der Waals surface area contributed by atoms with Crippen molar-refractivity contribution in [1.29, 1.82) is 0 Å². The van der Waals surface area contributed by atoms with Crippen LogP contribution < -0.4 is 9.47 Å². The SMILES string of the molecule is COc1ccc(CC(OC(C)C)C(=O)O)cc1OCC#Cc1cccc(F)c1. The van der Waals surface area contributed by atoms with E-state index in [4.69, 9.17) is 14.2 Å². The largest absolute Gasteiger partial charge is 0.493 e. The standard InChI is InChI=1S/C22H23FO5/c1-15(2)28-21(22(24)25)14-17-9-10-19(26-3)20(13-17)27-11-5-7-16-6-4-8-18(23)12-16/h4,6,8-10,12-13,15,21H,11,14H2,1-3H3,(H,24,25). The molecule has 0 radical (unpaired) electrons. The van der Waals surface area contributed by atoms with Crippen LogP contribution in [0.2, 0.25) is 0 Å². The van der Waals surface area contributed by atoms with Crippen molar-refractivity contribution in [2.75, 3.05) is 13.7 Å². The third-order valence-corrected chi connectivity index (χ3v) is 3.72. The molecule has 0 bridgehead atoms. The molecule has 0 aliphatic rings. The number of ether oxygens (including phenoxy) is 3. The maximum atomic E-state index is 13.2. The molecule has 2 rings (SSSR count). The quantitative estimate of drug-likeness (QED) is 0.701. The second kappa shape index (κ2) is 10.3. The summed E-state index contributed by atoms with van der Waals surface area (Å²) in [6.45, 7) is 3.65. The predicted octanol–water partition coefficient (Wildman–Crippen LogP) is 3.69. The molecule has 6 heteroatoms. The van der Waals surface area contributed by atoms with Crippen LogP contribution in [0.1, 0.15) is 25.0 Å². The zero-order valence-corrected chi connectivity index (χ0v) is 16.1. The Morgan fingerprint density at radius 2 is 1.96 bits per heavy atom. The lowest BCUT2D eigenvalue weighted by atomic mass is 10.1. The molecule has 1 unspecified atom stereocenters. The summed E-state index contributed by atoms with van der Waals surface area (Å²) >= 11 is 0. The summed E-state index contributed by atoms with van der Waals surface area (Å²) in [6.07, 6.45) is -0.953. The minimum absolute atomic E-state index is 0.0706. The molecule has 148 valence electrons. The highest BCUT2D eigenvalue weighted by molar-refractivity contribution is 5.72. The summed E-state index contributed by atoms with van der Waals surface area (Å²) in [5, 5.41) is 9.33. The lowest BCUT2D eigenvalue weighted by molar-refractivity contribution is -0.153. The number of carboxylic acids is 1. The topological polar surface area (TPSA) is 65.0 Å². The first kappa shape index (κ1) is 21.3. The maximum absolute atomic E-state index is 13.2. The van der Waals surface area contributed by atoms with Gasteiger partial charge in [0, 0.05) is 12.0 Å². The Labute approximate surface area is 164 Å². The molecular formula is C22H23FO5. The molecule has 2 aromatic carbocycles. The van der Waals surface area contributed by atoms with Crippen LogP contribution in [0.25, 0.3) is 0 Å². The Balaban J connectivity index is 2.09. The Bertz CT molecular complexity index is 867. The molecule has 2 aromatic rings. The Kier molecular flexibility index (Phi) is 7.85. The molecule has 0 spiro atoms. The van der Waals surface area contributed by atoms with Crippen LogP contribution in [-0.4, -0.2) is 37.0 Å². The van der Waals surface area contributed by atoms with Gasteiger partial charge >= 0.3 is 5.97 Å². The van der Waals surface area contributed by atoms with Crippen molar-refractivity contribution in [3.63, 3.8) is 0 Å². The van der Waals surface area contributed by atoms with Gasteiger partial charge in [-0.25, -0.2) is 9.18 Å². The summed E-state index contributed by atoms with van der Waals surface area (Å²) in [6, 6.07) is 11.2. The van der Waals surface area contributed by atoms with Gasteiger partial charge in [0.2, 0.25) is 0 Å². The van der Waals surface area contributed by atoms with Gasteiger partial charge in [0.1, 0.15) is 12.4 Å². The van der Waals surface area contributed by atoms with E-state index in [-0.39, 0.29) is 24.9 Å². The highest BCUT2D eigenvalue weighted by Gasteiger charge is 2.21. The smallest absolute Gasteiger partial charge is 0.333 e. The van der Waals surface area contributed by atoms with E-state index in [1.165, 1.54) is 19.2 Å². The van der Waals surface area contributed by atoms with Gasteiger partial charge < -0.3 is 19.3 Å². The lowest BCUT2D eigenvalue weighted by Gasteiger charge is -2.17. The van der Waals surface area contributed by atoms with Gasteiger partial charge in [-0.2, -0.15) is 0 Å². The number of halogens is 1. The van der Waals surface area contributed by atoms with Crippen LogP contribution >= 0.6 is 0 Å². The fraction of sp³-hybridized carbons (Fsp3) is 0.318. The van der Waals surface area contributed by atoms with E-state index in [2.05, 4.69) is 11.8 Å². The van der Waals surface area contributed by atoms with Gasteiger partial charge in [-0.15, -0.1) is 0 Å². The van der Waals surface area contributed by atoms with Crippen LogP contribution in [0.5, 0.6) is 11.5 Å². The number of rotatable bonds is 8. The van der Waals surface area contributed by atoms with Gasteiger partial charge in [0.05, 0.1) is 13.2 Å². The molecule has 0 aromatic heterocycles. The molecule has 0 aliphatic heterocycles. The van der Waals surface area contributed by atoms with Crippen LogP contribution in [0, 0.1) is 17.7 Å². The number of hydrogen-bond donors (Lipinski definition) is 1. The minimum Gasteiger partial charge on any atom is -0.493 e. The number of aliphatic carboxylic acids is 1. The summed E-state index contributed by atoms with van der Waals surface area (Å²) in [5.41, 5.74) is 1.29. The summed E-state index contributed by atoms with van der Waals surface area (Å²) < 4.78 is 29.5. The van der Waals surface area contributed by atoms with Crippen molar-refractivity contribution in [1.82, 2.24) is 0 Å². The number of hydrogen-bond acceptors (Lipinski definition) is 4. The highest BCUT2D eigenvalue weighted by atomic mass is 19.1. The maximum Gasteiger partial charge on any atom is 0.333 e. The summed E-state index contributed by atoms with van der Waals surface area (Å²) in [4.78, 5) is 11.4. The second-order valence-corrected chi connectivity index (χ2v) is 6.30. The summed E-state index contributed by atoms with van der Waals surface area (Å²) in [7, 11) is 1.52. The molecule has 0 saturated carbocycles. The van der Waals surface area contributed by atoms with E-state index in [9.17, 15) is 14.3 Å². The third kappa shape index (κ3) is 6.60. The third-order valence-electron chi connectivity index (χ3n) is 3.72. The first-order chi connectivity index (χ1) is 13.4. The average Bonchev–Trinajstić information content (AvgIpc) is 2.64. The van der Waals surface area contributed by atoms with Crippen molar-refractivity contribution < 1.29 is 28.5 Å². The van der Waals surface area contributed by atoms with Crippen LogP contribution in [0.15, 0.2) is 42.5 Å². The average molecular weight is 386 g/mol. The van der Waals surface area contributed by atoms with Gasteiger partial charge in [0.25, 0.3) is 0 Å². The Hall–Kier alpha value is -3.04. The van der Waals surface area contributed by atoms with E-state index in [0.717, 1.165) is 5.56 Å². The number of carbonyl (C=O) groups is 1. The first-order valence-corrected chi connectivity index (χ1v) is 8.81. The van der Waals surface area contributed by atoms with E-state index in [1.807, 2.05) is 0 Å². The van der Waals surface area contributed by atoms with Crippen LogP contribution in [-0.2, 0) is 16.0 Å². The minimum atomic E-state index is -1.02. The van der Waals surface area contributed by atoms with Crippen molar-refractivity contribution in [3.05, 3.63) is 59.4 Å². The zero-order chi connectivity index (χ0) is 20.5. The molecule has 28 heavy (non-hydrogen) atoms. The molecule has 0 saturated heterocycles. The molecule has 0 aliphatic carbocycles. The fourth-order valence-corrected chi connectivity index (χ4v) is 2.52. The normalized spacial score (nSPS) is 11.5. The van der Waals surface area contributed by atoms with Crippen molar-refractivity contribution >= 4 is 5.97 Å². The summed E-state index contributed by atoms with van der Waals surface area (Å²) in [5.74, 6) is 5.23. The Morgan fingerprint density at radius 3 is 2.61 bits per heavy atom. The number of methoxy groups -OCH3 is 1. The highest BCUT2D eigenvalue weighted by Crippen LogP contribution is 2.28. The molecule has 1 N–H and O–H groups in total. The molecule has 0 heterocycles. The van der Waals surface area contributed by atoms with Gasteiger partial charge in [-0.05, 0) is 49.7 Å². The second-order valence-electron chi connectivity index (χ2n) is 6.30. The molecule has 0 amide bonds. The van der Waals surface area contributed by atoms with Crippen LogP contribution in [0.4, 0.5) is 4.39 Å². The number of carboxylic acid groups (broad SMARTS) is 1. The van der Waals surface area contributed by atoms with E-state index in [1.54, 1.807) is 44.2 Å². The predicted molar refractivity (Wildman–Crippen MR) is 103 cm³/mol. The van der Waals surface area contributed by atoms with Gasteiger partial charge in [0.15, 0.2) is 17.6 Å². The fourth-order valence-electron chi connectivity index (χ4n) is 2.52. The van der Waals surface area contributed by atoms with Gasteiger partial charge in [-0.3, -0.25) is 0 Å². The van der Waals surface area contributed by atoms with Gasteiger partial charge in [-0.1, -0.05) is 24.0 Å². The van der Waals surface area contributed by atoms with Crippen molar-refractivity contribution in [3.8, 4) is 23.3 Å². The van der Waals surface area contributed by atoms with E-state index >= 15 is 0 Å². The first-order valence-electron chi connectivity index (χ1n) is 8.81. The zero-order valence-electron chi connectivity index (χ0n) is 16.1. The van der Waals surface area contributed by atoms with E-state index in [0.29, 0.717) is 17.1 Å². The monoisotopic (exact) mass is 386 g/mol. The van der Waals surface area contributed by atoms with Crippen LogP contribution in [0.3, 0.4) is 0 Å². The molecule has 1 atom stereocenters. The molecule has 5 nitrogen and oxygen atoms in total. The lowest BCUT2D eigenvalue weighted by Crippen LogP contribution is -2.29.